The Morgan fingerprint density at radius 3 is 2.87 bits per heavy atom. The smallest absolute Gasteiger partial charge is 0.272 e. The van der Waals surface area contributed by atoms with E-state index < -0.39 is 0 Å². The molecule has 6 nitrogen and oxygen atoms in total. The number of rotatable bonds is 3. The van der Waals surface area contributed by atoms with Crippen LogP contribution in [0.3, 0.4) is 0 Å². The van der Waals surface area contributed by atoms with Gasteiger partial charge < -0.3 is 5.32 Å². The van der Waals surface area contributed by atoms with Crippen LogP contribution < -0.4 is 5.32 Å². The van der Waals surface area contributed by atoms with Crippen molar-refractivity contribution in [1.82, 2.24) is 25.3 Å². The molecule has 3 aromatic rings. The zero-order valence-corrected chi connectivity index (χ0v) is 13.0. The van der Waals surface area contributed by atoms with Crippen molar-refractivity contribution in [3.05, 3.63) is 36.3 Å². The van der Waals surface area contributed by atoms with Crippen LogP contribution in [0.1, 0.15) is 36.2 Å². The highest BCUT2D eigenvalue weighted by Crippen LogP contribution is 2.25. The van der Waals surface area contributed by atoms with Gasteiger partial charge in [-0.1, -0.05) is 18.9 Å². The molecule has 0 radical (unpaired) electrons. The molecule has 0 spiro atoms. The SMILES string of the molecule is Cn1cc(-c2ccc3[nH]nc(C(=O)NC4CCCC4)c3c2)cn1. The summed E-state index contributed by atoms with van der Waals surface area (Å²) in [4.78, 5) is 12.5. The lowest BCUT2D eigenvalue weighted by Gasteiger charge is -2.10. The van der Waals surface area contributed by atoms with E-state index in [9.17, 15) is 4.79 Å². The number of benzene rings is 1. The van der Waals surface area contributed by atoms with Gasteiger partial charge in [0.1, 0.15) is 0 Å². The molecule has 0 bridgehead atoms. The molecule has 1 saturated carbocycles. The van der Waals surface area contributed by atoms with Gasteiger partial charge in [-0.05, 0) is 30.5 Å². The fourth-order valence-corrected chi connectivity index (χ4v) is 3.26. The highest BCUT2D eigenvalue weighted by atomic mass is 16.2. The molecule has 0 atom stereocenters. The predicted molar refractivity (Wildman–Crippen MR) is 88.0 cm³/mol. The van der Waals surface area contributed by atoms with E-state index >= 15 is 0 Å². The largest absolute Gasteiger partial charge is 0.348 e. The van der Waals surface area contributed by atoms with Crippen LogP contribution in [-0.4, -0.2) is 31.9 Å². The predicted octanol–water partition coefficient (Wildman–Crippen LogP) is 2.64. The Hall–Kier alpha value is -2.63. The fourth-order valence-electron chi connectivity index (χ4n) is 3.26. The van der Waals surface area contributed by atoms with Crippen LogP contribution in [0.15, 0.2) is 30.6 Å². The van der Waals surface area contributed by atoms with Crippen molar-refractivity contribution < 1.29 is 4.79 Å². The second-order valence-electron chi connectivity index (χ2n) is 6.19. The topological polar surface area (TPSA) is 75.6 Å². The number of nitrogens with one attached hydrogen (secondary N) is 2. The molecule has 6 heteroatoms. The summed E-state index contributed by atoms with van der Waals surface area (Å²) in [7, 11) is 1.89. The van der Waals surface area contributed by atoms with E-state index in [0.717, 1.165) is 34.9 Å². The number of hydrogen-bond acceptors (Lipinski definition) is 3. The Labute approximate surface area is 133 Å². The number of fused-ring (bicyclic) bond motifs is 1. The minimum Gasteiger partial charge on any atom is -0.348 e. The second-order valence-corrected chi connectivity index (χ2v) is 6.19. The standard InChI is InChI=1S/C17H19N5O/c1-22-10-12(9-18-22)11-6-7-15-14(8-11)16(21-20-15)17(23)19-13-4-2-3-5-13/h6-10,13H,2-5H2,1H3,(H,19,23)(H,20,21). The first-order valence-electron chi connectivity index (χ1n) is 7.99. The van der Waals surface area contributed by atoms with Crippen LogP contribution >= 0.6 is 0 Å². The number of aromatic nitrogens is 4. The van der Waals surface area contributed by atoms with E-state index in [2.05, 4.69) is 20.6 Å². The molecule has 1 amide bonds. The number of amides is 1. The van der Waals surface area contributed by atoms with Gasteiger partial charge in [-0.25, -0.2) is 0 Å². The van der Waals surface area contributed by atoms with Crippen molar-refractivity contribution in [1.29, 1.82) is 0 Å². The van der Waals surface area contributed by atoms with Crippen LogP contribution in [0, 0.1) is 0 Å². The van der Waals surface area contributed by atoms with E-state index in [0.29, 0.717) is 5.69 Å². The summed E-state index contributed by atoms with van der Waals surface area (Å²) in [5.41, 5.74) is 3.39. The molecule has 0 aliphatic heterocycles. The normalized spacial score (nSPS) is 15.3. The van der Waals surface area contributed by atoms with Crippen molar-refractivity contribution in [2.45, 2.75) is 31.7 Å². The van der Waals surface area contributed by atoms with Crippen molar-refractivity contribution in [3.63, 3.8) is 0 Å². The minimum absolute atomic E-state index is 0.0912. The lowest BCUT2D eigenvalue weighted by Crippen LogP contribution is -2.32. The van der Waals surface area contributed by atoms with Gasteiger partial charge in [-0.2, -0.15) is 10.2 Å². The quantitative estimate of drug-likeness (QED) is 0.781. The zero-order valence-electron chi connectivity index (χ0n) is 13.0. The number of carbonyl (C=O) groups excluding carboxylic acids is 1. The monoisotopic (exact) mass is 309 g/mol. The maximum absolute atomic E-state index is 12.5. The molecule has 1 aliphatic rings. The third-order valence-electron chi connectivity index (χ3n) is 4.51. The summed E-state index contributed by atoms with van der Waals surface area (Å²) in [6.45, 7) is 0. The van der Waals surface area contributed by atoms with Gasteiger partial charge in [-0.3, -0.25) is 14.6 Å². The number of H-pyrrole nitrogens is 1. The van der Waals surface area contributed by atoms with Gasteiger partial charge in [0, 0.05) is 30.2 Å². The number of hydrogen-bond donors (Lipinski definition) is 2. The molecule has 1 aromatic carbocycles. The van der Waals surface area contributed by atoms with Crippen LogP contribution in [-0.2, 0) is 7.05 Å². The summed E-state index contributed by atoms with van der Waals surface area (Å²) >= 11 is 0. The van der Waals surface area contributed by atoms with E-state index in [1.54, 1.807) is 4.68 Å². The van der Waals surface area contributed by atoms with E-state index in [4.69, 9.17) is 0 Å². The molecule has 2 N–H and O–H groups in total. The lowest BCUT2D eigenvalue weighted by atomic mass is 10.1. The Morgan fingerprint density at radius 2 is 2.13 bits per heavy atom. The molecular weight excluding hydrogens is 290 g/mol. The Kier molecular flexibility index (Phi) is 3.37. The van der Waals surface area contributed by atoms with Crippen molar-refractivity contribution in [2.24, 2.45) is 7.05 Å². The maximum atomic E-state index is 12.5. The molecule has 1 fully saturated rings. The molecule has 0 unspecified atom stereocenters. The number of aryl methyl sites for hydroxylation is 1. The summed E-state index contributed by atoms with van der Waals surface area (Å²) < 4.78 is 1.77. The first-order chi connectivity index (χ1) is 11.2. The van der Waals surface area contributed by atoms with Gasteiger partial charge >= 0.3 is 0 Å². The second kappa shape index (κ2) is 5.53. The average molecular weight is 309 g/mol. The van der Waals surface area contributed by atoms with Gasteiger partial charge in [0.05, 0.1) is 11.7 Å². The van der Waals surface area contributed by atoms with Gasteiger partial charge in [-0.15, -0.1) is 0 Å². The third kappa shape index (κ3) is 2.60. The van der Waals surface area contributed by atoms with Crippen LogP contribution in [0.4, 0.5) is 0 Å². The Balaban J connectivity index is 1.68. The third-order valence-corrected chi connectivity index (χ3v) is 4.51. The zero-order chi connectivity index (χ0) is 15.8. The average Bonchev–Trinajstić information content (AvgIpc) is 3.26. The Bertz CT molecular complexity index is 857. The summed E-state index contributed by atoms with van der Waals surface area (Å²) in [6.07, 6.45) is 8.29. The molecule has 2 aromatic heterocycles. The van der Waals surface area contributed by atoms with Crippen molar-refractivity contribution in [2.75, 3.05) is 0 Å². The van der Waals surface area contributed by atoms with Gasteiger partial charge in [0.15, 0.2) is 5.69 Å². The molecular formula is C17H19N5O. The molecule has 4 rings (SSSR count). The highest BCUT2D eigenvalue weighted by Gasteiger charge is 2.21. The van der Waals surface area contributed by atoms with Gasteiger partial charge in [0.25, 0.3) is 5.91 Å². The van der Waals surface area contributed by atoms with E-state index in [-0.39, 0.29) is 11.9 Å². The lowest BCUT2D eigenvalue weighted by molar-refractivity contribution is 0.0934. The van der Waals surface area contributed by atoms with Crippen LogP contribution in [0.2, 0.25) is 0 Å². The first-order valence-corrected chi connectivity index (χ1v) is 7.99. The molecule has 1 aliphatic carbocycles. The maximum Gasteiger partial charge on any atom is 0.272 e. The Morgan fingerprint density at radius 1 is 1.30 bits per heavy atom. The molecule has 2 heterocycles. The van der Waals surface area contributed by atoms with Crippen molar-refractivity contribution in [3.8, 4) is 11.1 Å². The fraction of sp³-hybridized carbons (Fsp3) is 0.353. The summed E-state index contributed by atoms with van der Waals surface area (Å²) in [6, 6.07) is 6.25. The molecule has 0 saturated heterocycles. The highest BCUT2D eigenvalue weighted by molar-refractivity contribution is 6.05. The van der Waals surface area contributed by atoms with Crippen LogP contribution in [0.5, 0.6) is 0 Å². The number of carbonyl (C=O) groups is 1. The summed E-state index contributed by atoms with van der Waals surface area (Å²) in [5.74, 6) is -0.0912. The number of nitrogens with zero attached hydrogens (tertiary/aromatic N) is 3. The van der Waals surface area contributed by atoms with Gasteiger partial charge in [0.2, 0.25) is 0 Å². The van der Waals surface area contributed by atoms with Crippen molar-refractivity contribution >= 4 is 16.8 Å². The summed E-state index contributed by atoms with van der Waals surface area (Å²) in [5, 5.41) is 15.3. The molecule has 118 valence electrons. The minimum atomic E-state index is -0.0912. The molecule has 23 heavy (non-hydrogen) atoms. The van der Waals surface area contributed by atoms with E-state index in [1.807, 2.05) is 37.6 Å². The van der Waals surface area contributed by atoms with E-state index in [1.165, 1.54) is 12.8 Å². The van der Waals surface area contributed by atoms with Crippen LogP contribution in [0.25, 0.3) is 22.0 Å². The first kappa shape index (κ1) is 14.0. The number of aromatic amines is 1.